The molecule has 19 heavy (non-hydrogen) atoms. The highest BCUT2D eigenvalue weighted by atomic mass is 16.2. The van der Waals surface area contributed by atoms with E-state index >= 15 is 0 Å². The Bertz CT molecular complexity index is 615. The van der Waals surface area contributed by atoms with Crippen molar-refractivity contribution >= 4 is 5.91 Å². The SMILES string of the molecule is Cc1ccnc(C2CN(C(=O)c3ccn(C)n3)C2)n1. The summed E-state index contributed by atoms with van der Waals surface area (Å²) in [5, 5.41) is 4.12. The second-order valence-electron chi connectivity index (χ2n) is 4.84. The van der Waals surface area contributed by atoms with Crippen LogP contribution in [0.25, 0.3) is 0 Å². The third-order valence-electron chi connectivity index (χ3n) is 3.28. The average molecular weight is 257 g/mol. The zero-order chi connectivity index (χ0) is 13.4. The summed E-state index contributed by atoms with van der Waals surface area (Å²) in [6, 6.07) is 3.61. The van der Waals surface area contributed by atoms with Gasteiger partial charge in [-0.3, -0.25) is 9.48 Å². The number of carbonyl (C=O) groups is 1. The van der Waals surface area contributed by atoms with Crippen LogP contribution in [-0.2, 0) is 7.05 Å². The predicted octanol–water partition coefficient (Wildman–Crippen LogP) is 0.758. The van der Waals surface area contributed by atoms with Crippen LogP contribution in [0.1, 0.15) is 27.9 Å². The zero-order valence-corrected chi connectivity index (χ0v) is 10.9. The van der Waals surface area contributed by atoms with Crippen LogP contribution in [0.3, 0.4) is 0 Å². The number of likely N-dealkylation sites (tertiary alicyclic amines) is 1. The molecule has 0 saturated carbocycles. The summed E-state index contributed by atoms with van der Waals surface area (Å²) in [6.45, 7) is 3.28. The molecule has 0 unspecified atom stereocenters. The lowest BCUT2D eigenvalue weighted by Crippen LogP contribution is -2.49. The second kappa shape index (κ2) is 4.46. The summed E-state index contributed by atoms with van der Waals surface area (Å²) >= 11 is 0. The third kappa shape index (κ3) is 2.21. The Morgan fingerprint density at radius 2 is 2.16 bits per heavy atom. The number of carbonyl (C=O) groups excluding carboxylic acids is 1. The van der Waals surface area contributed by atoms with Gasteiger partial charge in [-0.15, -0.1) is 0 Å². The van der Waals surface area contributed by atoms with E-state index in [1.807, 2.05) is 13.0 Å². The van der Waals surface area contributed by atoms with Crippen LogP contribution in [0, 0.1) is 6.92 Å². The van der Waals surface area contributed by atoms with E-state index in [1.165, 1.54) is 0 Å². The average Bonchev–Trinajstić information content (AvgIpc) is 2.74. The number of hydrogen-bond donors (Lipinski definition) is 0. The Hall–Kier alpha value is -2.24. The first-order valence-electron chi connectivity index (χ1n) is 6.22. The summed E-state index contributed by atoms with van der Waals surface area (Å²) in [4.78, 5) is 22.5. The van der Waals surface area contributed by atoms with E-state index in [1.54, 1.807) is 35.1 Å². The van der Waals surface area contributed by atoms with Gasteiger partial charge in [0.2, 0.25) is 0 Å². The predicted molar refractivity (Wildman–Crippen MR) is 68.6 cm³/mol. The highest BCUT2D eigenvalue weighted by molar-refractivity contribution is 5.92. The van der Waals surface area contributed by atoms with Gasteiger partial charge in [0.25, 0.3) is 5.91 Å². The fraction of sp³-hybridized carbons (Fsp3) is 0.385. The lowest BCUT2D eigenvalue weighted by Gasteiger charge is -2.37. The van der Waals surface area contributed by atoms with Crippen LogP contribution in [-0.4, -0.2) is 43.6 Å². The molecule has 0 aliphatic carbocycles. The van der Waals surface area contributed by atoms with Gasteiger partial charge in [0, 0.05) is 38.2 Å². The molecule has 0 atom stereocenters. The highest BCUT2D eigenvalue weighted by Crippen LogP contribution is 2.25. The molecular formula is C13H15N5O. The maximum absolute atomic E-state index is 12.1. The van der Waals surface area contributed by atoms with Gasteiger partial charge >= 0.3 is 0 Å². The molecule has 6 nitrogen and oxygen atoms in total. The van der Waals surface area contributed by atoms with E-state index < -0.39 is 0 Å². The maximum Gasteiger partial charge on any atom is 0.274 e. The Kier molecular flexibility index (Phi) is 2.77. The Labute approximate surface area is 111 Å². The highest BCUT2D eigenvalue weighted by Gasteiger charge is 2.34. The van der Waals surface area contributed by atoms with Crippen molar-refractivity contribution in [1.29, 1.82) is 0 Å². The van der Waals surface area contributed by atoms with Gasteiger partial charge in [0.15, 0.2) is 0 Å². The van der Waals surface area contributed by atoms with Crippen molar-refractivity contribution in [2.24, 2.45) is 7.05 Å². The van der Waals surface area contributed by atoms with Crippen molar-refractivity contribution < 1.29 is 4.79 Å². The van der Waals surface area contributed by atoms with E-state index in [4.69, 9.17) is 0 Å². The van der Waals surface area contributed by atoms with E-state index in [9.17, 15) is 4.79 Å². The number of amides is 1. The van der Waals surface area contributed by atoms with Crippen LogP contribution < -0.4 is 0 Å². The Morgan fingerprint density at radius 3 is 2.79 bits per heavy atom. The Morgan fingerprint density at radius 1 is 1.37 bits per heavy atom. The molecule has 0 N–H and O–H groups in total. The van der Waals surface area contributed by atoms with Crippen LogP contribution in [0.2, 0.25) is 0 Å². The molecule has 6 heteroatoms. The van der Waals surface area contributed by atoms with Crippen LogP contribution in [0.5, 0.6) is 0 Å². The summed E-state index contributed by atoms with van der Waals surface area (Å²) in [6.07, 6.45) is 3.54. The lowest BCUT2D eigenvalue weighted by molar-refractivity contribution is 0.0587. The number of rotatable bonds is 2. The molecule has 1 aliphatic heterocycles. The Balaban J connectivity index is 1.65. The maximum atomic E-state index is 12.1. The molecule has 1 aliphatic rings. The van der Waals surface area contributed by atoms with Crippen molar-refractivity contribution in [1.82, 2.24) is 24.6 Å². The summed E-state index contributed by atoms with van der Waals surface area (Å²) in [5.41, 5.74) is 1.45. The first-order valence-corrected chi connectivity index (χ1v) is 6.22. The van der Waals surface area contributed by atoms with Crippen molar-refractivity contribution in [2.45, 2.75) is 12.8 Å². The second-order valence-corrected chi connectivity index (χ2v) is 4.84. The van der Waals surface area contributed by atoms with Gasteiger partial charge in [0.05, 0.1) is 5.92 Å². The van der Waals surface area contributed by atoms with Crippen LogP contribution in [0.15, 0.2) is 24.5 Å². The van der Waals surface area contributed by atoms with Gasteiger partial charge in [-0.05, 0) is 19.1 Å². The van der Waals surface area contributed by atoms with Crippen LogP contribution in [0.4, 0.5) is 0 Å². The van der Waals surface area contributed by atoms with Crippen molar-refractivity contribution in [3.8, 4) is 0 Å². The molecule has 2 aromatic rings. The molecule has 1 saturated heterocycles. The van der Waals surface area contributed by atoms with Gasteiger partial charge in [0.1, 0.15) is 11.5 Å². The van der Waals surface area contributed by atoms with E-state index in [0.29, 0.717) is 18.8 Å². The van der Waals surface area contributed by atoms with Gasteiger partial charge in [-0.25, -0.2) is 9.97 Å². The lowest BCUT2D eigenvalue weighted by atomic mass is 9.98. The normalized spacial score (nSPS) is 15.4. The number of aryl methyl sites for hydroxylation is 2. The molecule has 2 aromatic heterocycles. The largest absolute Gasteiger partial charge is 0.336 e. The van der Waals surface area contributed by atoms with Crippen molar-refractivity contribution in [3.63, 3.8) is 0 Å². The summed E-state index contributed by atoms with van der Waals surface area (Å²) < 4.78 is 1.63. The molecule has 3 rings (SSSR count). The quantitative estimate of drug-likeness (QED) is 0.796. The fourth-order valence-electron chi connectivity index (χ4n) is 2.16. The first kappa shape index (κ1) is 11.8. The van der Waals surface area contributed by atoms with Crippen molar-refractivity contribution in [3.05, 3.63) is 41.7 Å². The van der Waals surface area contributed by atoms with E-state index in [-0.39, 0.29) is 11.8 Å². The number of hydrogen-bond acceptors (Lipinski definition) is 4. The minimum atomic E-state index is -0.0236. The molecule has 1 fully saturated rings. The monoisotopic (exact) mass is 257 g/mol. The minimum absolute atomic E-state index is 0.0236. The van der Waals surface area contributed by atoms with Gasteiger partial charge in [-0.2, -0.15) is 5.10 Å². The smallest absolute Gasteiger partial charge is 0.274 e. The number of aromatic nitrogens is 4. The first-order chi connectivity index (χ1) is 9.13. The zero-order valence-electron chi connectivity index (χ0n) is 10.9. The third-order valence-corrected chi connectivity index (χ3v) is 3.28. The minimum Gasteiger partial charge on any atom is -0.336 e. The molecule has 0 aromatic carbocycles. The van der Waals surface area contributed by atoms with Crippen molar-refractivity contribution in [2.75, 3.05) is 13.1 Å². The molecule has 3 heterocycles. The fourth-order valence-corrected chi connectivity index (χ4v) is 2.16. The molecule has 0 spiro atoms. The van der Waals surface area contributed by atoms with E-state index in [0.717, 1.165) is 11.5 Å². The van der Waals surface area contributed by atoms with E-state index in [2.05, 4.69) is 15.1 Å². The standard InChI is InChI=1S/C13H15N5O/c1-9-3-5-14-12(15-9)10-7-18(8-10)13(19)11-4-6-17(2)16-11/h3-6,10H,7-8H2,1-2H3. The molecule has 0 radical (unpaired) electrons. The summed E-state index contributed by atoms with van der Waals surface area (Å²) in [7, 11) is 1.80. The van der Waals surface area contributed by atoms with Gasteiger partial charge < -0.3 is 4.90 Å². The molecular weight excluding hydrogens is 242 g/mol. The summed E-state index contributed by atoms with van der Waals surface area (Å²) in [5.74, 6) is 1.04. The molecule has 0 bridgehead atoms. The van der Waals surface area contributed by atoms with Gasteiger partial charge in [-0.1, -0.05) is 0 Å². The number of nitrogens with zero attached hydrogens (tertiary/aromatic N) is 5. The topological polar surface area (TPSA) is 63.9 Å². The van der Waals surface area contributed by atoms with Crippen LogP contribution >= 0.6 is 0 Å². The molecule has 98 valence electrons. The molecule has 1 amide bonds.